The highest BCUT2D eigenvalue weighted by atomic mass is 32.1. The minimum atomic E-state index is -0.661. The van der Waals surface area contributed by atoms with Gasteiger partial charge in [0.1, 0.15) is 6.04 Å². The molecule has 16 heavy (non-hydrogen) atoms. The average Bonchev–Trinajstić information content (AvgIpc) is 2.81. The maximum atomic E-state index is 12.0. The van der Waals surface area contributed by atoms with Gasteiger partial charge in [-0.25, -0.2) is 0 Å². The molecule has 0 aromatic carbocycles. The molecule has 0 fully saturated rings. The van der Waals surface area contributed by atoms with Crippen molar-refractivity contribution in [1.29, 1.82) is 0 Å². The first-order valence-corrected chi connectivity index (χ1v) is 5.61. The molecule has 2 heterocycles. The zero-order chi connectivity index (χ0) is 11.5. The number of nitrogens with two attached hydrogens (primary N) is 2. The number of hydrogen-bond acceptors (Lipinski definition) is 5. The zero-order valence-electron chi connectivity index (χ0n) is 8.46. The molecule has 4 N–H and O–H groups in total. The molecule has 0 amide bonds. The van der Waals surface area contributed by atoms with Crippen molar-refractivity contribution < 1.29 is 4.79 Å². The summed E-state index contributed by atoms with van der Waals surface area (Å²) in [6.45, 7) is 0. The van der Waals surface area contributed by atoms with E-state index in [1.807, 2.05) is 17.5 Å². The molecule has 0 spiro atoms. The van der Waals surface area contributed by atoms with Crippen LogP contribution in [0.3, 0.4) is 0 Å². The van der Waals surface area contributed by atoms with Crippen LogP contribution in [0.25, 0.3) is 0 Å². The van der Waals surface area contributed by atoms with E-state index < -0.39 is 6.04 Å². The van der Waals surface area contributed by atoms with Gasteiger partial charge in [0.15, 0.2) is 5.78 Å². The maximum Gasteiger partial charge on any atom is 0.188 e. The van der Waals surface area contributed by atoms with Crippen LogP contribution in [0, 0.1) is 0 Å². The summed E-state index contributed by atoms with van der Waals surface area (Å²) < 4.78 is 0. The molecular formula is C11H11N3OS. The maximum absolute atomic E-state index is 12.0. The van der Waals surface area contributed by atoms with Crippen LogP contribution in [-0.4, -0.2) is 10.8 Å². The van der Waals surface area contributed by atoms with E-state index >= 15 is 0 Å². The third kappa shape index (κ3) is 1.95. The summed E-state index contributed by atoms with van der Waals surface area (Å²) in [5, 5.41) is 1.88. The lowest BCUT2D eigenvalue weighted by Gasteiger charge is -2.09. The van der Waals surface area contributed by atoms with E-state index in [1.54, 1.807) is 12.3 Å². The molecule has 1 atom stereocenters. The lowest BCUT2D eigenvalue weighted by Crippen LogP contribution is -2.21. The van der Waals surface area contributed by atoms with Gasteiger partial charge in [-0.15, -0.1) is 11.3 Å². The van der Waals surface area contributed by atoms with Gasteiger partial charge in [0.25, 0.3) is 0 Å². The van der Waals surface area contributed by atoms with Crippen LogP contribution in [-0.2, 0) is 0 Å². The third-order valence-electron chi connectivity index (χ3n) is 2.25. The van der Waals surface area contributed by atoms with Crippen LogP contribution in [0.15, 0.2) is 36.0 Å². The molecule has 0 aliphatic heterocycles. The first kappa shape index (κ1) is 10.8. The van der Waals surface area contributed by atoms with Crippen LogP contribution in [0.4, 0.5) is 5.69 Å². The normalized spacial score (nSPS) is 12.3. The number of thiophene rings is 1. The number of hydrogen-bond donors (Lipinski definition) is 2. The Hall–Kier alpha value is -1.72. The van der Waals surface area contributed by atoms with Crippen LogP contribution in [0.1, 0.15) is 21.3 Å². The van der Waals surface area contributed by atoms with Gasteiger partial charge in [-0.2, -0.15) is 0 Å². The number of aromatic nitrogens is 1. The molecule has 82 valence electrons. The summed E-state index contributed by atoms with van der Waals surface area (Å²) in [6.07, 6.45) is 2.99. The molecule has 0 saturated heterocycles. The fourth-order valence-corrected chi connectivity index (χ4v) is 2.10. The van der Waals surface area contributed by atoms with E-state index in [0.717, 1.165) is 4.88 Å². The molecule has 2 aromatic heterocycles. The highest BCUT2D eigenvalue weighted by Crippen LogP contribution is 2.22. The molecule has 0 aliphatic rings. The highest BCUT2D eigenvalue weighted by Gasteiger charge is 2.20. The fraction of sp³-hybridized carbons (Fsp3) is 0.0909. The van der Waals surface area contributed by atoms with Gasteiger partial charge in [-0.05, 0) is 17.5 Å². The van der Waals surface area contributed by atoms with Crippen LogP contribution in [0.2, 0.25) is 0 Å². The van der Waals surface area contributed by atoms with E-state index in [0.29, 0.717) is 11.3 Å². The van der Waals surface area contributed by atoms with E-state index in [1.165, 1.54) is 17.5 Å². The average molecular weight is 233 g/mol. The lowest BCUT2D eigenvalue weighted by molar-refractivity contribution is 0.0963. The minimum absolute atomic E-state index is 0.201. The number of nitrogens with zero attached hydrogens (tertiary/aromatic N) is 1. The predicted molar refractivity (Wildman–Crippen MR) is 64.2 cm³/mol. The molecule has 4 nitrogen and oxygen atoms in total. The summed E-state index contributed by atoms with van der Waals surface area (Å²) in [4.78, 5) is 16.7. The summed E-state index contributed by atoms with van der Waals surface area (Å²) in [5.41, 5.74) is 12.3. The first-order chi connectivity index (χ1) is 7.70. The standard InChI is InChI=1S/C11H11N3OS/c12-8-3-4-14-6-7(8)11(15)10(13)9-2-1-5-16-9/h1-6,10H,13H2,(H2,12,14). The molecule has 1 unspecified atom stereocenters. The van der Waals surface area contributed by atoms with Gasteiger partial charge < -0.3 is 11.5 Å². The lowest BCUT2D eigenvalue weighted by atomic mass is 10.0. The largest absolute Gasteiger partial charge is 0.398 e. The molecule has 5 heteroatoms. The van der Waals surface area contributed by atoms with Gasteiger partial charge in [0, 0.05) is 23.0 Å². The number of carbonyl (C=O) groups is 1. The van der Waals surface area contributed by atoms with Crippen LogP contribution >= 0.6 is 11.3 Å². The Bertz CT molecular complexity index is 496. The van der Waals surface area contributed by atoms with Gasteiger partial charge in [0.05, 0.1) is 5.56 Å². The molecule has 2 rings (SSSR count). The smallest absolute Gasteiger partial charge is 0.188 e. The van der Waals surface area contributed by atoms with E-state index in [9.17, 15) is 4.79 Å². The van der Waals surface area contributed by atoms with Crippen molar-refractivity contribution in [2.24, 2.45) is 5.73 Å². The quantitative estimate of drug-likeness (QED) is 0.789. The van der Waals surface area contributed by atoms with Crippen molar-refractivity contribution in [3.8, 4) is 0 Å². The second-order valence-electron chi connectivity index (χ2n) is 3.32. The van der Waals surface area contributed by atoms with Gasteiger partial charge in [-0.1, -0.05) is 6.07 Å². The first-order valence-electron chi connectivity index (χ1n) is 4.73. The van der Waals surface area contributed by atoms with Crippen LogP contribution < -0.4 is 11.5 Å². The molecule has 0 radical (unpaired) electrons. The summed E-state index contributed by atoms with van der Waals surface area (Å²) in [6, 6.07) is 4.62. The fourth-order valence-electron chi connectivity index (χ4n) is 1.38. The monoisotopic (exact) mass is 233 g/mol. The van der Waals surface area contributed by atoms with Crippen molar-refractivity contribution in [3.05, 3.63) is 46.4 Å². The Labute approximate surface area is 96.9 Å². The molecule has 2 aromatic rings. The summed E-state index contributed by atoms with van der Waals surface area (Å²) >= 11 is 1.45. The van der Waals surface area contributed by atoms with E-state index in [4.69, 9.17) is 11.5 Å². The van der Waals surface area contributed by atoms with Crippen molar-refractivity contribution in [2.75, 3.05) is 5.73 Å². The number of nitrogen functional groups attached to an aromatic ring is 1. The molecule has 0 saturated carbocycles. The highest BCUT2D eigenvalue weighted by molar-refractivity contribution is 7.10. The molecule has 0 bridgehead atoms. The Morgan fingerprint density at radius 2 is 2.25 bits per heavy atom. The van der Waals surface area contributed by atoms with Crippen molar-refractivity contribution in [2.45, 2.75) is 6.04 Å². The van der Waals surface area contributed by atoms with Gasteiger partial charge >= 0.3 is 0 Å². The van der Waals surface area contributed by atoms with Gasteiger partial charge in [-0.3, -0.25) is 9.78 Å². The SMILES string of the molecule is Nc1ccncc1C(=O)C(N)c1cccs1. The van der Waals surface area contributed by atoms with Crippen molar-refractivity contribution in [3.63, 3.8) is 0 Å². The number of pyridine rings is 1. The number of carbonyl (C=O) groups excluding carboxylic acids is 1. The number of rotatable bonds is 3. The molecule has 0 aliphatic carbocycles. The number of ketones is 1. The van der Waals surface area contributed by atoms with E-state index in [-0.39, 0.29) is 5.78 Å². The summed E-state index contributed by atoms with van der Waals surface area (Å²) in [5.74, 6) is -0.201. The Kier molecular flexibility index (Phi) is 2.98. The predicted octanol–water partition coefficient (Wildman–Crippen LogP) is 1.61. The van der Waals surface area contributed by atoms with Crippen LogP contribution in [0.5, 0.6) is 0 Å². The summed E-state index contributed by atoms with van der Waals surface area (Å²) in [7, 11) is 0. The Balaban J connectivity index is 2.30. The zero-order valence-corrected chi connectivity index (χ0v) is 9.28. The second kappa shape index (κ2) is 4.42. The Morgan fingerprint density at radius 1 is 1.44 bits per heavy atom. The number of anilines is 1. The van der Waals surface area contributed by atoms with Crippen molar-refractivity contribution in [1.82, 2.24) is 4.98 Å². The third-order valence-corrected chi connectivity index (χ3v) is 3.21. The second-order valence-corrected chi connectivity index (χ2v) is 4.30. The Morgan fingerprint density at radius 3 is 2.88 bits per heavy atom. The minimum Gasteiger partial charge on any atom is -0.398 e. The van der Waals surface area contributed by atoms with Gasteiger partial charge in [0.2, 0.25) is 0 Å². The van der Waals surface area contributed by atoms with Crippen molar-refractivity contribution >= 4 is 22.8 Å². The topological polar surface area (TPSA) is 82.0 Å². The number of Topliss-reactive ketones (excluding diaryl/α,β-unsaturated/α-hetero) is 1. The molecular weight excluding hydrogens is 222 g/mol. The van der Waals surface area contributed by atoms with E-state index in [2.05, 4.69) is 4.98 Å².